The Bertz CT molecular complexity index is 195. The first-order valence-electron chi connectivity index (χ1n) is 4.93. The van der Waals surface area contributed by atoms with Crippen LogP contribution in [0, 0.1) is 0 Å². The summed E-state index contributed by atoms with van der Waals surface area (Å²) in [7, 11) is 0. The van der Waals surface area contributed by atoms with Gasteiger partial charge in [0.2, 0.25) is 0 Å². The van der Waals surface area contributed by atoms with Gasteiger partial charge in [-0.05, 0) is 20.8 Å². The molecule has 1 saturated heterocycles. The van der Waals surface area contributed by atoms with Gasteiger partial charge in [0.1, 0.15) is 0 Å². The van der Waals surface area contributed by atoms with Crippen LogP contribution in [0.25, 0.3) is 0 Å². The molecular formula is C9H19N3O2. The van der Waals surface area contributed by atoms with E-state index in [9.17, 15) is 4.79 Å². The van der Waals surface area contributed by atoms with E-state index in [2.05, 4.69) is 10.8 Å². The van der Waals surface area contributed by atoms with E-state index in [0.29, 0.717) is 0 Å². The van der Waals surface area contributed by atoms with E-state index in [0.717, 1.165) is 26.2 Å². The molecule has 0 saturated carbocycles. The van der Waals surface area contributed by atoms with E-state index in [-0.39, 0.29) is 11.6 Å². The number of rotatable bonds is 1. The van der Waals surface area contributed by atoms with Gasteiger partial charge in [0, 0.05) is 26.2 Å². The molecule has 0 bridgehead atoms. The third-order valence-corrected chi connectivity index (χ3v) is 1.85. The fraction of sp³-hybridized carbons (Fsp3) is 0.889. The Kier molecular flexibility index (Phi) is 3.71. The Morgan fingerprint density at radius 1 is 1.36 bits per heavy atom. The highest BCUT2D eigenvalue weighted by Gasteiger charge is 2.18. The topological polar surface area (TPSA) is 53.6 Å². The van der Waals surface area contributed by atoms with Crippen LogP contribution < -0.4 is 10.8 Å². The van der Waals surface area contributed by atoms with Gasteiger partial charge in [0.15, 0.2) is 0 Å². The first-order valence-corrected chi connectivity index (χ1v) is 4.93. The highest BCUT2D eigenvalue weighted by Crippen LogP contribution is 2.04. The van der Waals surface area contributed by atoms with Gasteiger partial charge in [-0.1, -0.05) is 0 Å². The van der Waals surface area contributed by atoms with Crippen LogP contribution in [-0.4, -0.2) is 42.7 Å². The highest BCUT2D eigenvalue weighted by atomic mass is 16.7. The minimum Gasteiger partial charge on any atom is -0.321 e. The maximum absolute atomic E-state index is 11.5. The summed E-state index contributed by atoms with van der Waals surface area (Å²) < 4.78 is 0. The van der Waals surface area contributed by atoms with Crippen molar-refractivity contribution in [3.05, 3.63) is 0 Å². The number of piperazine rings is 1. The van der Waals surface area contributed by atoms with E-state index >= 15 is 0 Å². The van der Waals surface area contributed by atoms with Gasteiger partial charge in [-0.25, -0.2) is 10.3 Å². The average molecular weight is 201 g/mol. The van der Waals surface area contributed by atoms with Crippen LogP contribution in [0.4, 0.5) is 4.79 Å². The van der Waals surface area contributed by atoms with Gasteiger partial charge in [0.25, 0.3) is 0 Å². The van der Waals surface area contributed by atoms with Crippen molar-refractivity contribution < 1.29 is 9.63 Å². The summed E-state index contributed by atoms with van der Waals surface area (Å²) in [5.41, 5.74) is 2.11. The van der Waals surface area contributed by atoms with Crippen molar-refractivity contribution in [1.82, 2.24) is 15.7 Å². The number of hydrogen-bond donors (Lipinski definition) is 2. The third-order valence-electron chi connectivity index (χ3n) is 1.85. The van der Waals surface area contributed by atoms with E-state index < -0.39 is 0 Å². The lowest BCUT2D eigenvalue weighted by Gasteiger charge is -2.28. The van der Waals surface area contributed by atoms with Gasteiger partial charge in [-0.3, -0.25) is 4.84 Å². The SMILES string of the molecule is CC(C)(C)ONC(=O)N1CCNCC1. The number of hydroxylamine groups is 1. The number of amides is 2. The molecule has 0 aliphatic carbocycles. The van der Waals surface area contributed by atoms with Crippen LogP contribution in [0.2, 0.25) is 0 Å². The molecule has 1 aliphatic rings. The van der Waals surface area contributed by atoms with E-state index in [1.165, 1.54) is 0 Å². The molecule has 82 valence electrons. The van der Waals surface area contributed by atoms with Crippen LogP contribution in [0.3, 0.4) is 0 Å². The summed E-state index contributed by atoms with van der Waals surface area (Å²) in [4.78, 5) is 18.4. The molecule has 1 aliphatic heterocycles. The molecule has 0 aromatic heterocycles. The predicted molar refractivity (Wildman–Crippen MR) is 53.8 cm³/mol. The van der Waals surface area contributed by atoms with Gasteiger partial charge in [-0.15, -0.1) is 0 Å². The Hall–Kier alpha value is -0.810. The van der Waals surface area contributed by atoms with Crippen molar-refractivity contribution in [2.75, 3.05) is 26.2 Å². The molecule has 0 spiro atoms. The van der Waals surface area contributed by atoms with Gasteiger partial charge >= 0.3 is 6.03 Å². The highest BCUT2D eigenvalue weighted by molar-refractivity contribution is 5.73. The summed E-state index contributed by atoms with van der Waals surface area (Å²) >= 11 is 0. The molecule has 1 fully saturated rings. The molecule has 0 aromatic carbocycles. The second kappa shape index (κ2) is 4.61. The van der Waals surface area contributed by atoms with E-state index in [1.807, 2.05) is 20.8 Å². The van der Waals surface area contributed by atoms with Crippen LogP contribution in [0.1, 0.15) is 20.8 Å². The van der Waals surface area contributed by atoms with Crippen molar-refractivity contribution in [2.45, 2.75) is 26.4 Å². The van der Waals surface area contributed by atoms with Crippen molar-refractivity contribution in [3.63, 3.8) is 0 Å². The Morgan fingerprint density at radius 3 is 2.43 bits per heavy atom. The second-order valence-corrected chi connectivity index (χ2v) is 4.36. The fourth-order valence-electron chi connectivity index (χ4n) is 1.13. The molecule has 14 heavy (non-hydrogen) atoms. The number of carbonyl (C=O) groups is 1. The second-order valence-electron chi connectivity index (χ2n) is 4.36. The van der Waals surface area contributed by atoms with Crippen LogP contribution >= 0.6 is 0 Å². The maximum atomic E-state index is 11.5. The summed E-state index contributed by atoms with van der Waals surface area (Å²) in [6, 6.07) is -0.151. The summed E-state index contributed by atoms with van der Waals surface area (Å²) in [5.74, 6) is 0. The minimum atomic E-state index is -0.344. The fourth-order valence-corrected chi connectivity index (χ4v) is 1.13. The van der Waals surface area contributed by atoms with Crippen molar-refractivity contribution in [1.29, 1.82) is 0 Å². The normalized spacial score (nSPS) is 18.1. The third kappa shape index (κ3) is 3.93. The first-order chi connectivity index (χ1) is 6.49. The molecular weight excluding hydrogens is 182 g/mol. The van der Waals surface area contributed by atoms with Crippen molar-refractivity contribution in [3.8, 4) is 0 Å². The average Bonchev–Trinajstić information content (AvgIpc) is 2.14. The molecule has 2 amide bonds. The number of hydrogen-bond acceptors (Lipinski definition) is 3. The van der Waals surface area contributed by atoms with Gasteiger partial charge < -0.3 is 10.2 Å². The minimum absolute atomic E-state index is 0.151. The Morgan fingerprint density at radius 2 is 1.93 bits per heavy atom. The zero-order valence-electron chi connectivity index (χ0n) is 9.09. The van der Waals surface area contributed by atoms with Crippen LogP contribution in [0.15, 0.2) is 0 Å². The number of urea groups is 1. The first kappa shape index (κ1) is 11.3. The van der Waals surface area contributed by atoms with Crippen molar-refractivity contribution in [2.24, 2.45) is 0 Å². The molecule has 5 nitrogen and oxygen atoms in total. The summed E-state index contributed by atoms with van der Waals surface area (Å²) in [6.45, 7) is 8.85. The predicted octanol–water partition coefficient (Wildman–Crippen LogP) is 0.331. The lowest BCUT2D eigenvalue weighted by Crippen LogP contribution is -2.51. The van der Waals surface area contributed by atoms with Gasteiger partial charge in [-0.2, -0.15) is 0 Å². The van der Waals surface area contributed by atoms with Gasteiger partial charge in [0.05, 0.1) is 5.60 Å². The summed E-state index contributed by atoms with van der Waals surface area (Å²) in [5, 5.41) is 3.18. The van der Waals surface area contributed by atoms with Crippen LogP contribution in [0.5, 0.6) is 0 Å². The Balaban J connectivity index is 2.27. The zero-order chi connectivity index (χ0) is 10.6. The van der Waals surface area contributed by atoms with Crippen molar-refractivity contribution >= 4 is 6.03 Å². The lowest BCUT2D eigenvalue weighted by atomic mass is 10.2. The molecule has 0 radical (unpaired) electrons. The Labute approximate surface area is 84.7 Å². The quantitative estimate of drug-likeness (QED) is 0.601. The largest absolute Gasteiger partial charge is 0.341 e. The molecule has 0 aromatic rings. The molecule has 1 heterocycles. The smallest absolute Gasteiger partial charge is 0.321 e. The molecule has 2 N–H and O–H groups in total. The molecule has 1 rings (SSSR count). The van der Waals surface area contributed by atoms with E-state index in [1.54, 1.807) is 4.90 Å². The van der Waals surface area contributed by atoms with Crippen LogP contribution in [-0.2, 0) is 4.84 Å². The number of nitrogens with one attached hydrogen (secondary N) is 2. The molecule has 0 unspecified atom stereocenters. The molecule has 0 atom stereocenters. The van der Waals surface area contributed by atoms with E-state index in [4.69, 9.17) is 4.84 Å². The lowest BCUT2D eigenvalue weighted by molar-refractivity contribution is -0.0587. The summed E-state index contributed by atoms with van der Waals surface area (Å²) in [6.07, 6.45) is 0. The number of nitrogens with zero attached hydrogens (tertiary/aromatic N) is 1. The number of carbonyl (C=O) groups excluding carboxylic acids is 1. The molecule has 5 heteroatoms. The standard InChI is InChI=1S/C9H19N3O2/c1-9(2,3)14-11-8(13)12-6-4-10-5-7-12/h10H,4-7H2,1-3H3,(H,11,13). The zero-order valence-corrected chi connectivity index (χ0v) is 9.09. The monoisotopic (exact) mass is 201 g/mol. The maximum Gasteiger partial charge on any atom is 0.341 e.